The van der Waals surface area contributed by atoms with Crippen molar-refractivity contribution >= 4 is 0 Å². The molecule has 10 heavy (non-hydrogen) atoms. The van der Waals surface area contributed by atoms with Crippen LogP contribution in [0.3, 0.4) is 0 Å². The predicted molar refractivity (Wildman–Crippen MR) is 40.6 cm³/mol. The van der Waals surface area contributed by atoms with E-state index in [1.54, 1.807) is 0 Å². The molecule has 0 aromatic heterocycles. The fraction of sp³-hybridized carbons (Fsp3) is 1.00. The number of hydrogen-bond acceptors (Lipinski definition) is 2. The number of likely N-dealkylation sites (N-methyl/N-ethyl adjacent to an activating group) is 1. The first-order valence-corrected chi connectivity index (χ1v) is 3.74. The van der Waals surface area contributed by atoms with Crippen LogP contribution in [-0.4, -0.2) is 54.6 Å². The second-order valence-electron chi connectivity index (χ2n) is 2.83. The highest BCUT2D eigenvalue weighted by atomic mass is 16.3. The first-order valence-electron chi connectivity index (χ1n) is 3.74. The normalized spacial score (nSPS) is 12.0. The van der Waals surface area contributed by atoms with Crippen molar-refractivity contribution in [1.82, 2.24) is 0 Å². The minimum atomic E-state index is 0.199. The quantitative estimate of drug-likeness (QED) is 0.513. The minimum Gasteiger partial charge on any atom is -0.391 e. The molecule has 3 nitrogen and oxygen atoms in total. The molecule has 0 rings (SSSR count). The van der Waals surface area contributed by atoms with E-state index >= 15 is 0 Å². The number of aliphatic hydroxyl groups is 2. The van der Waals surface area contributed by atoms with E-state index in [2.05, 4.69) is 6.92 Å². The van der Waals surface area contributed by atoms with Crippen LogP contribution in [0.25, 0.3) is 0 Å². The minimum absolute atomic E-state index is 0.199. The van der Waals surface area contributed by atoms with Crippen LogP contribution in [0.2, 0.25) is 0 Å². The molecule has 2 N–H and O–H groups in total. The van der Waals surface area contributed by atoms with Crippen molar-refractivity contribution < 1.29 is 14.7 Å². The van der Waals surface area contributed by atoms with Crippen LogP contribution in [0.1, 0.15) is 6.92 Å². The summed E-state index contributed by atoms with van der Waals surface area (Å²) in [6, 6.07) is 0. The van der Waals surface area contributed by atoms with Crippen LogP contribution in [0.5, 0.6) is 0 Å². The Morgan fingerprint density at radius 3 is 1.70 bits per heavy atom. The van der Waals surface area contributed by atoms with Crippen molar-refractivity contribution in [3.63, 3.8) is 0 Å². The predicted octanol–water partition coefficient (Wildman–Crippen LogP) is -0.562. The van der Waals surface area contributed by atoms with Crippen molar-refractivity contribution in [2.75, 3.05) is 39.9 Å². The van der Waals surface area contributed by atoms with Gasteiger partial charge in [0.25, 0.3) is 0 Å². The zero-order valence-electron chi connectivity index (χ0n) is 6.88. The maximum atomic E-state index is 8.66. The number of nitrogens with zero attached hydrogens (tertiary/aromatic N) is 1. The van der Waals surface area contributed by atoms with Gasteiger partial charge in [0, 0.05) is 0 Å². The maximum absolute atomic E-state index is 8.66. The monoisotopic (exact) mass is 148 g/mol. The molecule has 0 aliphatic rings. The van der Waals surface area contributed by atoms with Gasteiger partial charge in [-0.25, -0.2) is 0 Å². The summed E-state index contributed by atoms with van der Waals surface area (Å²) in [6.45, 7) is 4.88. The van der Waals surface area contributed by atoms with E-state index < -0.39 is 0 Å². The summed E-state index contributed by atoms with van der Waals surface area (Å²) in [6.07, 6.45) is 0. The molecule has 0 aromatic rings. The average Bonchev–Trinajstić information content (AvgIpc) is 1.89. The summed E-state index contributed by atoms with van der Waals surface area (Å²) < 4.78 is 0.757. The van der Waals surface area contributed by atoms with E-state index in [1.807, 2.05) is 7.05 Å². The molecule has 0 atom stereocenters. The first kappa shape index (κ1) is 9.88. The van der Waals surface area contributed by atoms with E-state index in [0.717, 1.165) is 24.1 Å². The van der Waals surface area contributed by atoms with E-state index in [9.17, 15) is 0 Å². The Labute approximate surface area is 62.5 Å². The van der Waals surface area contributed by atoms with Crippen LogP contribution in [0.15, 0.2) is 0 Å². The lowest BCUT2D eigenvalue weighted by molar-refractivity contribution is -0.908. The van der Waals surface area contributed by atoms with Crippen LogP contribution in [0.4, 0.5) is 0 Å². The molecule has 0 amide bonds. The van der Waals surface area contributed by atoms with Gasteiger partial charge in [-0.1, -0.05) is 0 Å². The number of hydrogen-bond donors (Lipinski definition) is 2. The van der Waals surface area contributed by atoms with E-state index in [1.165, 1.54) is 0 Å². The highest BCUT2D eigenvalue weighted by Gasteiger charge is 2.16. The Hall–Kier alpha value is -0.120. The molecular weight excluding hydrogens is 130 g/mol. The van der Waals surface area contributed by atoms with Crippen molar-refractivity contribution in [2.24, 2.45) is 0 Å². The third-order valence-electron chi connectivity index (χ3n) is 2.04. The van der Waals surface area contributed by atoms with Crippen molar-refractivity contribution in [1.29, 1.82) is 0 Å². The number of aliphatic hydroxyl groups excluding tert-OH is 2. The van der Waals surface area contributed by atoms with Gasteiger partial charge in [-0.05, 0) is 6.92 Å². The van der Waals surface area contributed by atoms with Gasteiger partial charge in [0.1, 0.15) is 13.1 Å². The molecule has 0 fully saturated rings. The smallest absolute Gasteiger partial charge is 0.102 e. The molecule has 0 heterocycles. The molecule has 0 aliphatic heterocycles. The van der Waals surface area contributed by atoms with Crippen LogP contribution >= 0.6 is 0 Å². The molecule has 0 spiro atoms. The third kappa shape index (κ3) is 3.15. The Kier molecular flexibility index (Phi) is 4.60. The maximum Gasteiger partial charge on any atom is 0.102 e. The van der Waals surface area contributed by atoms with Gasteiger partial charge in [-0.3, -0.25) is 0 Å². The molecule has 62 valence electrons. The fourth-order valence-corrected chi connectivity index (χ4v) is 0.911. The molecule has 0 bridgehead atoms. The highest BCUT2D eigenvalue weighted by molar-refractivity contribution is 4.34. The van der Waals surface area contributed by atoms with Crippen LogP contribution in [-0.2, 0) is 0 Å². The molecule has 0 aromatic carbocycles. The lowest BCUT2D eigenvalue weighted by Gasteiger charge is -2.31. The Bertz CT molecular complexity index is 79.7. The summed E-state index contributed by atoms with van der Waals surface area (Å²) in [4.78, 5) is 0. The van der Waals surface area contributed by atoms with E-state index in [4.69, 9.17) is 10.2 Å². The zero-order valence-corrected chi connectivity index (χ0v) is 6.88. The summed E-state index contributed by atoms with van der Waals surface area (Å²) >= 11 is 0. The van der Waals surface area contributed by atoms with Crippen molar-refractivity contribution in [3.8, 4) is 0 Å². The van der Waals surface area contributed by atoms with E-state index in [0.29, 0.717) is 0 Å². The second-order valence-corrected chi connectivity index (χ2v) is 2.83. The first-order chi connectivity index (χ1) is 4.68. The zero-order chi connectivity index (χ0) is 8.04. The molecule has 0 aliphatic carbocycles. The van der Waals surface area contributed by atoms with Crippen molar-refractivity contribution in [2.45, 2.75) is 6.92 Å². The Morgan fingerprint density at radius 2 is 1.50 bits per heavy atom. The largest absolute Gasteiger partial charge is 0.391 e. The lowest BCUT2D eigenvalue weighted by atomic mass is 10.4. The summed E-state index contributed by atoms with van der Waals surface area (Å²) in [7, 11) is 2.03. The molecule has 3 heteroatoms. The van der Waals surface area contributed by atoms with E-state index in [-0.39, 0.29) is 13.2 Å². The van der Waals surface area contributed by atoms with Crippen LogP contribution in [0, 0.1) is 0 Å². The Balaban J connectivity index is 3.69. The molecule has 0 saturated heterocycles. The van der Waals surface area contributed by atoms with Gasteiger partial charge in [-0.15, -0.1) is 0 Å². The molecule has 0 radical (unpaired) electrons. The highest BCUT2D eigenvalue weighted by Crippen LogP contribution is 1.98. The number of quaternary nitrogens is 1. The Morgan fingerprint density at radius 1 is 1.10 bits per heavy atom. The third-order valence-corrected chi connectivity index (χ3v) is 2.04. The fourth-order valence-electron chi connectivity index (χ4n) is 0.911. The summed E-state index contributed by atoms with van der Waals surface area (Å²) in [5.41, 5.74) is 0. The van der Waals surface area contributed by atoms with Crippen LogP contribution < -0.4 is 0 Å². The lowest BCUT2D eigenvalue weighted by Crippen LogP contribution is -2.47. The summed E-state index contributed by atoms with van der Waals surface area (Å²) in [5.74, 6) is 0. The van der Waals surface area contributed by atoms with Gasteiger partial charge in [0.2, 0.25) is 0 Å². The summed E-state index contributed by atoms with van der Waals surface area (Å²) in [5, 5.41) is 17.3. The van der Waals surface area contributed by atoms with Gasteiger partial charge in [0.15, 0.2) is 0 Å². The van der Waals surface area contributed by atoms with Gasteiger partial charge in [0.05, 0.1) is 26.8 Å². The number of rotatable bonds is 5. The second kappa shape index (κ2) is 4.66. The van der Waals surface area contributed by atoms with Gasteiger partial charge >= 0.3 is 0 Å². The molecule has 0 saturated carbocycles. The van der Waals surface area contributed by atoms with Gasteiger partial charge in [-0.2, -0.15) is 0 Å². The van der Waals surface area contributed by atoms with Crippen molar-refractivity contribution in [3.05, 3.63) is 0 Å². The molecular formula is C7H18NO2+. The topological polar surface area (TPSA) is 40.5 Å². The molecule has 0 unspecified atom stereocenters. The average molecular weight is 148 g/mol. The SMILES string of the molecule is CC[N+](C)(CCO)CCO. The standard InChI is InChI=1S/C7H18NO2/c1-3-8(2,4-6-9)5-7-10/h9-10H,3-7H2,1-2H3/q+1. The van der Waals surface area contributed by atoms with Gasteiger partial charge < -0.3 is 14.7 Å².